The number of aromatic nitrogens is 2. The number of amides is 2. The van der Waals surface area contributed by atoms with E-state index in [2.05, 4.69) is 10.2 Å². The Bertz CT molecular complexity index is 761. The number of carbonyl (C=O) groups is 2. The van der Waals surface area contributed by atoms with E-state index < -0.39 is 0 Å². The Balaban J connectivity index is 1.69. The summed E-state index contributed by atoms with van der Waals surface area (Å²) in [6.07, 6.45) is 2.13. The Kier molecular flexibility index (Phi) is 5.61. The molecule has 1 aromatic carbocycles. The summed E-state index contributed by atoms with van der Waals surface area (Å²) in [5, 5.41) is 8.46. The van der Waals surface area contributed by atoms with Crippen molar-refractivity contribution < 1.29 is 9.59 Å². The first kappa shape index (κ1) is 18.0. The highest BCUT2D eigenvalue weighted by molar-refractivity contribution is 5.94. The van der Waals surface area contributed by atoms with Gasteiger partial charge in [0, 0.05) is 32.1 Å². The fourth-order valence-electron chi connectivity index (χ4n) is 3.28. The molecule has 0 aliphatic carbocycles. The van der Waals surface area contributed by atoms with Crippen LogP contribution in [0.15, 0.2) is 42.5 Å². The molecule has 3 rings (SSSR count). The molecule has 2 amide bonds. The molecular formula is C20H24N4O2. The number of piperidine rings is 1. The molecule has 1 fully saturated rings. The summed E-state index contributed by atoms with van der Waals surface area (Å²) in [5.41, 5.74) is 1.76. The van der Waals surface area contributed by atoms with Gasteiger partial charge in [0.25, 0.3) is 0 Å². The molecule has 1 unspecified atom stereocenters. The van der Waals surface area contributed by atoms with Crippen molar-refractivity contribution in [3.8, 4) is 11.3 Å². The number of anilines is 1. The first-order valence-electron chi connectivity index (χ1n) is 9.04. The molecule has 6 heteroatoms. The molecule has 1 saturated heterocycles. The number of likely N-dealkylation sites (tertiary alicyclic amines) is 1. The third-order valence-corrected chi connectivity index (χ3v) is 4.82. The number of nitrogens with zero attached hydrogens (tertiary/aromatic N) is 4. The van der Waals surface area contributed by atoms with Crippen molar-refractivity contribution in [3.63, 3.8) is 0 Å². The van der Waals surface area contributed by atoms with Gasteiger partial charge in [-0.05, 0) is 25.0 Å². The minimum absolute atomic E-state index is 0.0136. The predicted octanol–water partition coefficient (Wildman–Crippen LogP) is 2.76. The number of hydrogen-bond acceptors (Lipinski definition) is 4. The van der Waals surface area contributed by atoms with E-state index in [0.717, 1.165) is 30.6 Å². The van der Waals surface area contributed by atoms with E-state index in [1.807, 2.05) is 49.4 Å². The first-order valence-corrected chi connectivity index (χ1v) is 9.04. The molecule has 26 heavy (non-hydrogen) atoms. The molecule has 1 atom stereocenters. The highest BCUT2D eigenvalue weighted by Crippen LogP contribution is 2.22. The molecule has 1 aromatic heterocycles. The zero-order valence-electron chi connectivity index (χ0n) is 15.3. The van der Waals surface area contributed by atoms with Crippen LogP contribution in [0.4, 0.5) is 5.82 Å². The lowest BCUT2D eigenvalue weighted by atomic mass is 9.96. The molecule has 2 heterocycles. The quantitative estimate of drug-likeness (QED) is 0.849. The lowest BCUT2D eigenvalue weighted by molar-refractivity contribution is -0.134. The van der Waals surface area contributed by atoms with Crippen LogP contribution in [-0.2, 0) is 9.59 Å². The Morgan fingerprint density at radius 3 is 2.58 bits per heavy atom. The summed E-state index contributed by atoms with van der Waals surface area (Å²) >= 11 is 0. The average molecular weight is 352 g/mol. The van der Waals surface area contributed by atoms with Crippen LogP contribution in [0.25, 0.3) is 11.3 Å². The average Bonchev–Trinajstić information content (AvgIpc) is 2.73. The SMILES string of the molecule is CCC(=O)N1CCCC(C(=O)N(C)c2ccc(-c3ccccc3)nn2)C1. The zero-order valence-corrected chi connectivity index (χ0v) is 15.3. The van der Waals surface area contributed by atoms with E-state index in [-0.39, 0.29) is 17.7 Å². The van der Waals surface area contributed by atoms with Crippen LogP contribution >= 0.6 is 0 Å². The van der Waals surface area contributed by atoms with Gasteiger partial charge in [-0.15, -0.1) is 10.2 Å². The molecule has 0 saturated carbocycles. The van der Waals surface area contributed by atoms with E-state index in [1.54, 1.807) is 16.8 Å². The van der Waals surface area contributed by atoms with E-state index in [4.69, 9.17) is 0 Å². The maximum Gasteiger partial charge on any atom is 0.232 e. The smallest absolute Gasteiger partial charge is 0.232 e. The summed E-state index contributed by atoms with van der Waals surface area (Å²) in [6, 6.07) is 13.5. The van der Waals surface area contributed by atoms with E-state index in [1.165, 1.54) is 0 Å². The van der Waals surface area contributed by atoms with Crippen molar-refractivity contribution in [2.45, 2.75) is 26.2 Å². The Morgan fingerprint density at radius 2 is 1.92 bits per heavy atom. The van der Waals surface area contributed by atoms with Gasteiger partial charge >= 0.3 is 0 Å². The van der Waals surface area contributed by atoms with Crippen molar-refractivity contribution in [1.82, 2.24) is 15.1 Å². The monoisotopic (exact) mass is 352 g/mol. The summed E-state index contributed by atoms with van der Waals surface area (Å²) in [6.45, 7) is 3.08. The van der Waals surface area contributed by atoms with Gasteiger partial charge in [0.2, 0.25) is 11.8 Å². The number of carbonyl (C=O) groups excluding carboxylic acids is 2. The van der Waals surface area contributed by atoms with Crippen molar-refractivity contribution in [3.05, 3.63) is 42.5 Å². The van der Waals surface area contributed by atoms with Gasteiger partial charge in [0.05, 0.1) is 11.6 Å². The molecule has 0 radical (unpaired) electrons. The van der Waals surface area contributed by atoms with E-state index in [0.29, 0.717) is 18.8 Å². The highest BCUT2D eigenvalue weighted by atomic mass is 16.2. The van der Waals surface area contributed by atoms with Crippen LogP contribution in [-0.4, -0.2) is 47.0 Å². The Morgan fingerprint density at radius 1 is 1.15 bits per heavy atom. The second-order valence-electron chi connectivity index (χ2n) is 6.57. The molecule has 1 aliphatic rings. The van der Waals surface area contributed by atoms with Gasteiger partial charge in [0.15, 0.2) is 5.82 Å². The fourth-order valence-corrected chi connectivity index (χ4v) is 3.28. The van der Waals surface area contributed by atoms with Gasteiger partial charge in [-0.3, -0.25) is 14.5 Å². The van der Waals surface area contributed by atoms with Gasteiger partial charge < -0.3 is 4.90 Å². The molecule has 0 bridgehead atoms. The lowest BCUT2D eigenvalue weighted by Crippen LogP contribution is -2.46. The molecule has 0 spiro atoms. The van der Waals surface area contributed by atoms with Crippen LogP contribution in [0.3, 0.4) is 0 Å². The van der Waals surface area contributed by atoms with Crippen LogP contribution in [0.5, 0.6) is 0 Å². The summed E-state index contributed by atoms with van der Waals surface area (Å²) in [4.78, 5) is 28.1. The molecule has 0 N–H and O–H groups in total. The topological polar surface area (TPSA) is 66.4 Å². The van der Waals surface area contributed by atoms with E-state index >= 15 is 0 Å². The minimum atomic E-state index is -0.181. The zero-order chi connectivity index (χ0) is 18.5. The van der Waals surface area contributed by atoms with Crippen molar-refractivity contribution in [2.75, 3.05) is 25.0 Å². The van der Waals surface area contributed by atoms with Gasteiger partial charge in [-0.2, -0.15) is 0 Å². The third-order valence-electron chi connectivity index (χ3n) is 4.82. The van der Waals surface area contributed by atoms with Gasteiger partial charge in [-0.1, -0.05) is 37.3 Å². The van der Waals surface area contributed by atoms with Crippen molar-refractivity contribution >= 4 is 17.6 Å². The number of benzene rings is 1. The summed E-state index contributed by atoms with van der Waals surface area (Å²) < 4.78 is 0. The van der Waals surface area contributed by atoms with Crippen LogP contribution in [0.2, 0.25) is 0 Å². The standard InChI is InChI=1S/C20H24N4O2/c1-3-19(25)24-13-7-10-16(14-24)20(26)23(2)18-12-11-17(21-22-18)15-8-5-4-6-9-15/h4-6,8-9,11-12,16H,3,7,10,13-14H2,1-2H3. The maximum atomic E-state index is 12.8. The Hall–Kier alpha value is -2.76. The normalized spacial score (nSPS) is 17.0. The van der Waals surface area contributed by atoms with Gasteiger partial charge in [0.1, 0.15) is 0 Å². The number of rotatable bonds is 4. The second-order valence-corrected chi connectivity index (χ2v) is 6.57. The first-order chi connectivity index (χ1) is 12.6. The van der Waals surface area contributed by atoms with Gasteiger partial charge in [-0.25, -0.2) is 0 Å². The van der Waals surface area contributed by atoms with Crippen LogP contribution < -0.4 is 4.90 Å². The van der Waals surface area contributed by atoms with Crippen molar-refractivity contribution in [1.29, 1.82) is 0 Å². The minimum Gasteiger partial charge on any atom is -0.342 e. The maximum absolute atomic E-state index is 12.8. The van der Waals surface area contributed by atoms with Crippen LogP contribution in [0, 0.1) is 5.92 Å². The number of hydrogen-bond donors (Lipinski definition) is 0. The predicted molar refractivity (Wildman–Crippen MR) is 100 cm³/mol. The van der Waals surface area contributed by atoms with E-state index in [9.17, 15) is 9.59 Å². The molecule has 6 nitrogen and oxygen atoms in total. The summed E-state index contributed by atoms with van der Waals surface area (Å²) in [5.74, 6) is 0.436. The third kappa shape index (κ3) is 3.90. The molecule has 1 aliphatic heterocycles. The second kappa shape index (κ2) is 8.08. The van der Waals surface area contributed by atoms with Crippen LogP contribution in [0.1, 0.15) is 26.2 Å². The lowest BCUT2D eigenvalue weighted by Gasteiger charge is -2.33. The molecule has 2 aromatic rings. The highest BCUT2D eigenvalue weighted by Gasteiger charge is 2.30. The molecule has 136 valence electrons. The molecular weight excluding hydrogens is 328 g/mol. The fraction of sp³-hybridized carbons (Fsp3) is 0.400. The Labute approximate surface area is 153 Å². The summed E-state index contributed by atoms with van der Waals surface area (Å²) in [7, 11) is 1.72. The largest absolute Gasteiger partial charge is 0.342 e. The van der Waals surface area contributed by atoms with Crippen molar-refractivity contribution in [2.24, 2.45) is 5.92 Å².